The maximum absolute atomic E-state index is 13.6. The zero-order valence-corrected chi connectivity index (χ0v) is 17.5. The third kappa shape index (κ3) is 4.65. The Bertz CT molecular complexity index is 994. The van der Waals surface area contributed by atoms with Gasteiger partial charge in [-0.3, -0.25) is 9.69 Å². The second-order valence-corrected chi connectivity index (χ2v) is 8.83. The molecule has 1 saturated heterocycles. The van der Waals surface area contributed by atoms with Crippen LogP contribution < -0.4 is 4.90 Å². The molecule has 6 heteroatoms. The number of anilines is 1. The average molecular weight is 413 g/mol. The van der Waals surface area contributed by atoms with E-state index in [1.165, 1.54) is 29.0 Å². The van der Waals surface area contributed by atoms with Gasteiger partial charge >= 0.3 is 0 Å². The van der Waals surface area contributed by atoms with Crippen molar-refractivity contribution in [3.8, 4) is 0 Å². The number of hydrogen-bond donors (Lipinski definition) is 0. The first-order chi connectivity index (χ1) is 14.0. The Labute approximate surface area is 174 Å². The normalized spacial score (nSPS) is 16.6. The summed E-state index contributed by atoms with van der Waals surface area (Å²) in [5.41, 5.74) is 2.94. The summed E-state index contributed by atoms with van der Waals surface area (Å²) < 4.78 is 20.1. The van der Waals surface area contributed by atoms with Gasteiger partial charge < -0.3 is 4.74 Å². The molecule has 1 unspecified atom stereocenters. The van der Waals surface area contributed by atoms with E-state index in [0.29, 0.717) is 29.5 Å². The first-order valence-electron chi connectivity index (χ1n) is 10.1. The molecule has 4 rings (SSSR count). The summed E-state index contributed by atoms with van der Waals surface area (Å²) in [6, 6.07) is 12.7. The molecule has 2 aromatic carbocycles. The Kier molecular flexibility index (Phi) is 5.92. The van der Waals surface area contributed by atoms with Crippen LogP contribution in [0.3, 0.4) is 0 Å². The molecular formula is C23H25FN2O2S. The number of hydrogen-bond acceptors (Lipinski definition) is 4. The molecule has 1 atom stereocenters. The topological polar surface area (TPSA) is 42.4 Å². The molecule has 0 saturated carbocycles. The van der Waals surface area contributed by atoms with Crippen LogP contribution in [-0.2, 0) is 16.0 Å². The fourth-order valence-electron chi connectivity index (χ4n) is 3.57. The number of fused-ring (bicyclic) bond motifs is 1. The monoisotopic (exact) mass is 412 g/mol. The third-order valence-corrected chi connectivity index (χ3v) is 6.32. The van der Waals surface area contributed by atoms with Gasteiger partial charge in [-0.1, -0.05) is 49.4 Å². The second kappa shape index (κ2) is 8.59. The van der Waals surface area contributed by atoms with Crippen LogP contribution >= 0.6 is 11.3 Å². The van der Waals surface area contributed by atoms with E-state index in [4.69, 9.17) is 4.74 Å². The van der Waals surface area contributed by atoms with Crippen LogP contribution in [-0.4, -0.2) is 30.1 Å². The molecule has 0 N–H and O–H groups in total. The minimum atomic E-state index is -0.296. The molecule has 0 aliphatic carbocycles. The molecule has 4 nitrogen and oxygen atoms in total. The smallest absolute Gasteiger partial charge is 0.233 e. The number of carbonyl (C=O) groups is 1. The van der Waals surface area contributed by atoms with Crippen LogP contribution in [0.25, 0.3) is 10.2 Å². The fourth-order valence-corrected chi connectivity index (χ4v) is 4.59. The Morgan fingerprint density at radius 3 is 2.76 bits per heavy atom. The van der Waals surface area contributed by atoms with Gasteiger partial charge in [0.2, 0.25) is 5.91 Å². The van der Waals surface area contributed by atoms with E-state index in [-0.39, 0.29) is 17.8 Å². The van der Waals surface area contributed by atoms with Crippen LogP contribution in [0.15, 0.2) is 42.5 Å². The number of thiazole rings is 1. The fraction of sp³-hybridized carbons (Fsp3) is 0.391. The van der Waals surface area contributed by atoms with Crippen molar-refractivity contribution in [2.75, 3.05) is 18.1 Å². The molecule has 1 amide bonds. The number of nitrogens with zero attached hydrogens (tertiary/aromatic N) is 2. The van der Waals surface area contributed by atoms with Crippen molar-refractivity contribution in [1.29, 1.82) is 0 Å². The molecule has 152 valence electrons. The summed E-state index contributed by atoms with van der Waals surface area (Å²) >= 11 is 1.35. The summed E-state index contributed by atoms with van der Waals surface area (Å²) in [4.78, 5) is 19.5. The maximum Gasteiger partial charge on any atom is 0.233 e. The van der Waals surface area contributed by atoms with Crippen molar-refractivity contribution >= 4 is 32.6 Å². The van der Waals surface area contributed by atoms with Gasteiger partial charge in [-0.25, -0.2) is 9.37 Å². The van der Waals surface area contributed by atoms with Crippen molar-refractivity contribution in [1.82, 2.24) is 4.98 Å². The predicted molar refractivity (Wildman–Crippen MR) is 115 cm³/mol. The van der Waals surface area contributed by atoms with Crippen LogP contribution in [0.5, 0.6) is 0 Å². The summed E-state index contributed by atoms with van der Waals surface area (Å²) in [6.07, 6.45) is 2.27. The minimum Gasteiger partial charge on any atom is -0.376 e. The zero-order valence-electron chi connectivity index (χ0n) is 16.7. The lowest BCUT2D eigenvalue weighted by Crippen LogP contribution is -2.38. The van der Waals surface area contributed by atoms with Gasteiger partial charge in [0.25, 0.3) is 0 Å². The van der Waals surface area contributed by atoms with Gasteiger partial charge in [-0.05, 0) is 48.1 Å². The van der Waals surface area contributed by atoms with E-state index in [1.54, 1.807) is 11.0 Å². The number of carbonyl (C=O) groups excluding carboxylic acids is 1. The zero-order chi connectivity index (χ0) is 20.4. The predicted octanol–water partition coefficient (Wildman–Crippen LogP) is 5.31. The number of ether oxygens (including phenoxy) is 1. The van der Waals surface area contributed by atoms with Crippen molar-refractivity contribution in [2.24, 2.45) is 0 Å². The number of aromatic nitrogens is 1. The molecule has 3 aromatic rings. The molecule has 1 aromatic heterocycles. The Hall–Kier alpha value is -2.31. The molecule has 1 fully saturated rings. The summed E-state index contributed by atoms with van der Waals surface area (Å²) in [5, 5.41) is 0.602. The van der Waals surface area contributed by atoms with Gasteiger partial charge in [0.05, 0.1) is 29.3 Å². The van der Waals surface area contributed by atoms with Gasteiger partial charge in [0.1, 0.15) is 5.82 Å². The quantitative estimate of drug-likeness (QED) is 0.551. The number of amides is 1. The van der Waals surface area contributed by atoms with Crippen molar-refractivity contribution in [3.63, 3.8) is 0 Å². The molecular weight excluding hydrogens is 387 g/mol. The van der Waals surface area contributed by atoms with Gasteiger partial charge in [-0.2, -0.15) is 0 Å². The molecule has 1 aliphatic rings. The van der Waals surface area contributed by atoms with Crippen LogP contribution in [0, 0.1) is 5.82 Å². The van der Waals surface area contributed by atoms with Crippen LogP contribution in [0.2, 0.25) is 0 Å². The highest BCUT2D eigenvalue weighted by molar-refractivity contribution is 7.22. The Balaban J connectivity index is 1.59. The largest absolute Gasteiger partial charge is 0.376 e. The maximum atomic E-state index is 13.6. The van der Waals surface area contributed by atoms with Crippen molar-refractivity contribution in [2.45, 2.75) is 45.1 Å². The standard InChI is InChI=1S/C23H25FN2O2S/c1-15(2)17-7-5-16(6-8-17)12-22(27)26(14-19-4-3-11-28-19)23-25-20-10-9-18(24)13-21(20)29-23/h5-10,13,15,19H,3-4,11-12,14H2,1-2H3. The molecule has 1 aliphatic heterocycles. The van der Waals surface area contributed by atoms with Crippen molar-refractivity contribution < 1.29 is 13.9 Å². The number of halogens is 1. The highest BCUT2D eigenvalue weighted by Crippen LogP contribution is 2.31. The number of rotatable bonds is 6. The number of benzene rings is 2. The molecule has 0 bridgehead atoms. The first kappa shape index (κ1) is 20.0. The van der Waals surface area contributed by atoms with Crippen molar-refractivity contribution in [3.05, 3.63) is 59.4 Å². The average Bonchev–Trinajstić information content (AvgIpc) is 3.35. The van der Waals surface area contributed by atoms with Gasteiger partial charge in [-0.15, -0.1) is 0 Å². The molecule has 2 heterocycles. The molecule has 29 heavy (non-hydrogen) atoms. The lowest BCUT2D eigenvalue weighted by Gasteiger charge is -2.23. The lowest BCUT2D eigenvalue weighted by atomic mass is 10.0. The van der Waals surface area contributed by atoms with Crippen LogP contribution in [0.4, 0.5) is 9.52 Å². The van der Waals surface area contributed by atoms with E-state index >= 15 is 0 Å². The molecule has 0 spiro atoms. The highest BCUT2D eigenvalue weighted by Gasteiger charge is 2.26. The lowest BCUT2D eigenvalue weighted by molar-refractivity contribution is -0.118. The van der Waals surface area contributed by atoms with Crippen LogP contribution in [0.1, 0.15) is 43.7 Å². The van der Waals surface area contributed by atoms with Gasteiger partial charge in [0.15, 0.2) is 5.13 Å². The van der Waals surface area contributed by atoms with E-state index in [9.17, 15) is 9.18 Å². The van der Waals surface area contributed by atoms with Gasteiger partial charge in [0, 0.05) is 6.61 Å². The highest BCUT2D eigenvalue weighted by atomic mass is 32.1. The third-order valence-electron chi connectivity index (χ3n) is 5.28. The summed E-state index contributed by atoms with van der Waals surface area (Å²) in [7, 11) is 0. The van der Waals surface area contributed by atoms with E-state index in [0.717, 1.165) is 29.7 Å². The van der Waals surface area contributed by atoms with E-state index < -0.39 is 0 Å². The SMILES string of the molecule is CC(C)c1ccc(CC(=O)N(CC2CCCO2)c2nc3ccc(F)cc3s2)cc1. The minimum absolute atomic E-state index is 0.0164. The summed E-state index contributed by atoms with van der Waals surface area (Å²) in [5.74, 6) is 0.145. The molecule has 0 radical (unpaired) electrons. The Morgan fingerprint density at radius 2 is 2.07 bits per heavy atom. The Morgan fingerprint density at radius 1 is 1.28 bits per heavy atom. The first-order valence-corrected chi connectivity index (χ1v) is 10.9. The second-order valence-electron chi connectivity index (χ2n) is 7.82. The van der Waals surface area contributed by atoms with E-state index in [2.05, 4.69) is 31.0 Å². The van der Waals surface area contributed by atoms with E-state index in [1.807, 2.05) is 12.1 Å². The summed E-state index contributed by atoms with van der Waals surface area (Å²) in [6.45, 7) is 5.51.